The molecular weight excluding hydrogens is 338 g/mol. The largest absolute Gasteiger partial charge is 0.452 e. The molecule has 0 saturated carbocycles. The summed E-state index contributed by atoms with van der Waals surface area (Å²) in [6.45, 7) is 1.76. The normalized spacial score (nSPS) is 14.5. The SMILES string of the molecule is Cc1cc(=O)oc2c3c(ccc12)O/C(=C/c1ccc([N+](=O)[O-])cc1)C3=O. The maximum absolute atomic E-state index is 12.7. The lowest BCUT2D eigenvalue weighted by atomic mass is 10.0. The predicted molar refractivity (Wildman–Crippen MR) is 93.3 cm³/mol. The van der Waals surface area contributed by atoms with E-state index in [0.29, 0.717) is 22.3 Å². The van der Waals surface area contributed by atoms with Crippen LogP contribution in [0.3, 0.4) is 0 Å². The summed E-state index contributed by atoms with van der Waals surface area (Å²) >= 11 is 0. The van der Waals surface area contributed by atoms with Gasteiger partial charge in [0.05, 0.1) is 4.92 Å². The smallest absolute Gasteiger partial charge is 0.336 e. The number of nitrogens with zero attached hydrogens (tertiary/aromatic N) is 1. The number of aryl methyl sites for hydroxylation is 1. The number of allylic oxidation sites excluding steroid dienone is 1. The van der Waals surface area contributed by atoms with Crippen molar-refractivity contribution in [1.82, 2.24) is 0 Å². The lowest BCUT2D eigenvalue weighted by Crippen LogP contribution is -2.02. The number of benzene rings is 2. The van der Waals surface area contributed by atoms with Gasteiger partial charge in [0.25, 0.3) is 5.69 Å². The summed E-state index contributed by atoms with van der Waals surface area (Å²) < 4.78 is 10.8. The molecule has 1 aliphatic heterocycles. The third kappa shape index (κ3) is 2.46. The van der Waals surface area contributed by atoms with Crippen LogP contribution in [0.25, 0.3) is 17.0 Å². The number of hydrogen-bond acceptors (Lipinski definition) is 6. The highest BCUT2D eigenvalue weighted by Crippen LogP contribution is 2.37. The quantitative estimate of drug-likeness (QED) is 0.303. The fourth-order valence-corrected chi connectivity index (χ4v) is 2.89. The van der Waals surface area contributed by atoms with Gasteiger partial charge in [-0.25, -0.2) is 4.79 Å². The van der Waals surface area contributed by atoms with Crippen molar-refractivity contribution in [3.05, 3.63) is 85.4 Å². The number of ether oxygens (including phenoxy) is 1. The summed E-state index contributed by atoms with van der Waals surface area (Å²) in [7, 11) is 0. The van der Waals surface area contributed by atoms with Crippen molar-refractivity contribution in [2.24, 2.45) is 0 Å². The van der Waals surface area contributed by atoms with E-state index in [-0.39, 0.29) is 22.6 Å². The molecule has 1 aliphatic rings. The summed E-state index contributed by atoms with van der Waals surface area (Å²) in [6, 6.07) is 10.5. The third-order valence-corrected chi connectivity index (χ3v) is 4.15. The number of Topliss-reactive ketones (excluding diaryl/α,β-unsaturated/α-hetero) is 1. The van der Waals surface area contributed by atoms with Crippen molar-refractivity contribution in [2.45, 2.75) is 6.92 Å². The first-order valence-corrected chi connectivity index (χ1v) is 7.70. The lowest BCUT2D eigenvalue weighted by molar-refractivity contribution is -0.384. The highest BCUT2D eigenvalue weighted by Gasteiger charge is 2.31. The molecule has 7 nitrogen and oxygen atoms in total. The van der Waals surface area contributed by atoms with Gasteiger partial charge >= 0.3 is 5.63 Å². The zero-order valence-electron chi connectivity index (χ0n) is 13.5. The van der Waals surface area contributed by atoms with E-state index in [9.17, 15) is 19.7 Å². The molecule has 2 aromatic carbocycles. The molecule has 26 heavy (non-hydrogen) atoms. The molecular formula is C19H11NO6. The molecule has 128 valence electrons. The Hall–Kier alpha value is -3.74. The van der Waals surface area contributed by atoms with E-state index in [4.69, 9.17) is 9.15 Å². The standard InChI is InChI=1S/C19H11NO6/c1-10-8-16(21)26-19-13(10)6-7-14-17(19)18(22)15(25-14)9-11-2-4-12(5-3-11)20(23)24/h2-9H,1H3/b15-9+. The van der Waals surface area contributed by atoms with Crippen LogP contribution in [0.2, 0.25) is 0 Å². The highest BCUT2D eigenvalue weighted by atomic mass is 16.6. The van der Waals surface area contributed by atoms with Gasteiger partial charge in [-0.1, -0.05) is 0 Å². The van der Waals surface area contributed by atoms with Crippen LogP contribution in [0, 0.1) is 17.0 Å². The topological polar surface area (TPSA) is 99.7 Å². The fourth-order valence-electron chi connectivity index (χ4n) is 2.89. The highest BCUT2D eigenvalue weighted by molar-refractivity contribution is 6.20. The van der Waals surface area contributed by atoms with Crippen molar-refractivity contribution in [2.75, 3.05) is 0 Å². The average molecular weight is 349 g/mol. The van der Waals surface area contributed by atoms with Gasteiger partial charge in [-0.05, 0) is 48.4 Å². The van der Waals surface area contributed by atoms with Gasteiger partial charge in [-0.3, -0.25) is 14.9 Å². The van der Waals surface area contributed by atoms with E-state index in [0.717, 1.165) is 0 Å². The molecule has 0 radical (unpaired) electrons. The van der Waals surface area contributed by atoms with Crippen molar-refractivity contribution in [3.63, 3.8) is 0 Å². The van der Waals surface area contributed by atoms with E-state index in [1.54, 1.807) is 19.1 Å². The van der Waals surface area contributed by atoms with E-state index in [1.165, 1.54) is 36.4 Å². The molecule has 0 aliphatic carbocycles. The molecule has 0 fully saturated rings. The Morgan fingerprint density at radius 1 is 1.08 bits per heavy atom. The minimum atomic E-state index is -0.538. The minimum absolute atomic E-state index is 0.0441. The van der Waals surface area contributed by atoms with Crippen LogP contribution >= 0.6 is 0 Å². The molecule has 4 rings (SSSR count). The van der Waals surface area contributed by atoms with Gasteiger partial charge in [-0.15, -0.1) is 0 Å². The van der Waals surface area contributed by atoms with Gasteiger partial charge in [0.15, 0.2) is 11.3 Å². The third-order valence-electron chi connectivity index (χ3n) is 4.15. The molecule has 7 heteroatoms. The lowest BCUT2D eigenvalue weighted by Gasteiger charge is -2.02. The first-order chi connectivity index (χ1) is 12.4. The summed E-state index contributed by atoms with van der Waals surface area (Å²) in [4.78, 5) is 34.6. The molecule has 0 N–H and O–H groups in total. The maximum Gasteiger partial charge on any atom is 0.336 e. The Labute approximate surface area is 146 Å². The van der Waals surface area contributed by atoms with Crippen molar-refractivity contribution in [1.29, 1.82) is 0 Å². The van der Waals surface area contributed by atoms with Crippen LogP contribution in [0.1, 0.15) is 21.5 Å². The summed E-state index contributed by atoms with van der Waals surface area (Å²) in [5.74, 6) is -0.0346. The number of hydrogen-bond donors (Lipinski definition) is 0. The predicted octanol–water partition coefficient (Wildman–Crippen LogP) is 3.63. The van der Waals surface area contributed by atoms with Crippen molar-refractivity contribution >= 4 is 28.5 Å². The first kappa shape index (κ1) is 15.8. The number of nitro groups is 1. The van der Waals surface area contributed by atoms with Crippen LogP contribution in [0.15, 0.2) is 57.4 Å². The zero-order chi connectivity index (χ0) is 18.4. The van der Waals surface area contributed by atoms with Gasteiger partial charge in [-0.2, -0.15) is 0 Å². The van der Waals surface area contributed by atoms with Gasteiger partial charge in [0, 0.05) is 23.6 Å². The Balaban J connectivity index is 1.80. The average Bonchev–Trinajstić information content (AvgIpc) is 2.91. The van der Waals surface area contributed by atoms with Gasteiger partial charge < -0.3 is 9.15 Å². The first-order valence-electron chi connectivity index (χ1n) is 7.70. The number of carbonyl (C=O) groups excluding carboxylic acids is 1. The Bertz CT molecular complexity index is 1170. The Morgan fingerprint density at radius 2 is 1.81 bits per heavy atom. The molecule has 1 aromatic heterocycles. The maximum atomic E-state index is 12.7. The van der Waals surface area contributed by atoms with E-state index < -0.39 is 16.3 Å². The molecule has 0 spiro atoms. The number of carbonyl (C=O) groups is 1. The van der Waals surface area contributed by atoms with Crippen molar-refractivity contribution in [3.8, 4) is 5.75 Å². The second kappa shape index (κ2) is 5.66. The Kier molecular flexibility index (Phi) is 3.43. The van der Waals surface area contributed by atoms with Crippen LogP contribution in [-0.2, 0) is 0 Å². The second-order valence-electron chi connectivity index (χ2n) is 5.85. The summed E-state index contributed by atoms with van der Waals surface area (Å²) in [5, 5.41) is 11.4. The molecule has 3 aromatic rings. The summed E-state index contributed by atoms with van der Waals surface area (Å²) in [6.07, 6.45) is 1.49. The van der Waals surface area contributed by atoms with Crippen LogP contribution in [0.4, 0.5) is 5.69 Å². The monoisotopic (exact) mass is 349 g/mol. The van der Waals surface area contributed by atoms with E-state index in [2.05, 4.69) is 0 Å². The number of rotatable bonds is 2. The molecule has 0 bridgehead atoms. The number of fused-ring (bicyclic) bond motifs is 3. The molecule has 0 atom stereocenters. The molecule has 0 amide bonds. The zero-order valence-corrected chi connectivity index (χ0v) is 13.5. The van der Waals surface area contributed by atoms with E-state index >= 15 is 0 Å². The van der Waals surface area contributed by atoms with Crippen LogP contribution in [-0.4, -0.2) is 10.7 Å². The molecule has 2 heterocycles. The second-order valence-corrected chi connectivity index (χ2v) is 5.85. The Morgan fingerprint density at radius 3 is 2.50 bits per heavy atom. The number of nitro benzene ring substituents is 1. The van der Waals surface area contributed by atoms with Crippen LogP contribution in [0.5, 0.6) is 5.75 Å². The van der Waals surface area contributed by atoms with E-state index in [1.807, 2.05) is 0 Å². The van der Waals surface area contributed by atoms with Gasteiger partial charge in [0.2, 0.25) is 5.78 Å². The molecule has 0 saturated heterocycles. The van der Waals surface area contributed by atoms with Crippen molar-refractivity contribution < 1.29 is 18.9 Å². The number of non-ortho nitro benzene ring substituents is 1. The summed E-state index contributed by atoms with van der Waals surface area (Å²) in [5.41, 5.74) is 1.11. The van der Waals surface area contributed by atoms with Gasteiger partial charge in [0.1, 0.15) is 11.3 Å². The fraction of sp³-hybridized carbons (Fsp3) is 0.0526. The minimum Gasteiger partial charge on any atom is -0.452 e. The van der Waals surface area contributed by atoms with Crippen LogP contribution < -0.4 is 10.4 Å². The molecule has 0 unspecified atom stereocenters. The number of ketones is 1.